The van der Waals surface area contributed by atoms with Gasteiger partial charge in [0.05, 0.1) is 7.11 Å². The molecule has 2 rings (SSSR count). The summed E-state index contributed by atoms with van der Waals surface area (Å²) in [6, 6.07) is 16.3. The summed E-state index contributed by atoms with van der Waals surface area (Å²) in [5.41, 5.74) is 2.43. The van der Waals surface area contributed by atoms with Crippen molar-refractivity contribution in [1.82, 2.24) is 5.32 Å². The minimum absolute atomic E-state index is 0.175. The van der Waals surface area contributed by atoms with Crippen LogP contribution in [0, 0.1) is 0 Å². The van der Waals surface area contributed by atoms with Crippen LogP contribution in [0.4, 0.5) is 0 Å². The summed E-state index contributed by atoms with van der Waals surface area (Å²) in [7, 11) is 1.56. The molecule has 20 heavy (non-hydrogen) atoms. The van der Waals surface area contributed by atoms with Crippen molar-refractivity contribution in [2.45, 2.75) is 25.9 Å². The largest absolute Gasteiger partial charge is 0.504 e. The average Bonchev–Trinajstić information content (AvgIpc) is 2.47. The second-order valence-electron chi connectivity index (χ2n) is 4.98. The zero-order valence-electron chi connectivity index (χ0n) is 12.0. The molecule has 3 nitrogen and oxygen atoms in total. The summed E-state index contributed by atoms with van der Waals surface area (Å²) in [5.74, 6) is 0.689. The van der Waals surface area contributed by atoms with E-state index in [0.717, 1.165) is 18.5 Å². The molecule has 0 aliphatic rings. The molecule has 1 unspecified atom stereocenters. The number of phenols is 1. The SMILES string of the molecule is COc1cc(CNC(C)Cc2ccccc2)ccc1O. The molecule has 1 atom stereocenters. The van der Waals surface area contributed by atoms with Crippen molar-refractivity contribution in [3.63, 3.8) is 0 Å². The Morgan fingerprint density at radius 2 is 1.85 bits per heavy atom. The number of benzene rings is 2. The quantitative estimate of drug-likeness (QED) is 0.848. The molecular weight excluding hydrogens is 250 g/mol. The van der Waals surface area contributed by atoms with Gasteiger partial charge < -0.3 is 15.2 Å². The van der Waals surface area contributed by atoms with Gasteiger partial charge in [-0.25, -0.2) is 0 Å². The maximum Gasteiger partial charge on any atom is 0.160 e. The average molecular weight is 271 g/mol. The third-order valence-electron chi connectivity index (χ3n) is 3.28. The molecule has 2 aromatic carbocycles. The molecule has 3 heteroatoms. The Balaban J connectivity index is 1.88. The predicted octanol–water partition coefficient (Wildman–Crippen LogP) is 3.12. The van der Waals surface area contributed by atoms with E-state index in [4.69, 9.17) is 4.74 Å². The molecule has 106 valence electrons. The van der Waals surface area contributed by atoms with Crippen LogP contribution in [0.25, 0.3) is 0 Å². The van der Waals surface area contributed by atoms with E-state index < -0.39 is 0 Å². The topological polar surface area (TPSA) is 41.5 Å². The number of nitrogens with one attached hydrogen (secondary N) is 1. The van der Waals surface area contributed by atoms with Gasteiger partial charge in [0.25, 0.3) is 0 Å². The molecule has 0 amide bonds. The van der Waals surface area contributed by atoms with Gasteiger partial charge in [0.1, 0.15) is 0 Å². The molecule has 0 heterocycles. The lowest BCUT2D eigenvalue weighted by Crippen LogP contribution is -2.27. The van der Waals surface area contributed by atoms with Crippen molar-refractivity contribution < 1.29 is 9.84 Å². The minimum Gasteiger partial charge on any atom is -0.504 e. The van der Waals surface area contributed by atoms with Gasteiger partial charge in [-0.1, -0.05) is 36.4 Å². The van der Waals surface area contributed by atoms with Crippen molar-refractivity contribution in [2.75, 3.05) is 7.11 Å². The lowest BCUT2D eigenvalue weighted by atomic mass is 10.1. The number of aromatic hydroxyl groups is 1. The highest BCUT2D eigenvalue weighted by Crippen LogP contribution is 2.26. The fourth-order valence-electron chi connectivity index (χ4n) is 2.16. The first-order valence-corrected chi connectivity index (χ1v) is 6.82. The zero-order chi connectivity index (χ0) is 14.4. The third-order valence-corrected chi connectivity index (χ3v) is 3.28. The number of rotatable bonds is 6. The van der Waals surface area contributed by atoms with Crippen LogP contribution >= 0.6 is 0 Å². The molecule has 0 spiro atoms. The molecule has 2 aromatic rings. The molecular formula is C17H21NO2. The Morgan fingerprint density at radius 3 is 2.55 bits per heavy atom. The van der Waals surface area contributed by atoms with Crippen LogP contribution in [0.15, 0.2) is 48.5 Å². The fraction of sp³-hybridized carbons (Fsp3) is 0.294. The van der Waals surface area contributed by atoms with E-state index in [9.17, 15) is 5.11 Å². The second kappa shape index (κ2) is 6.96. The first-order valence-electron chi connectivity index (χ1n) is 6.82. The molecule has 0 radical (unpaired) electrons. The molecule has 2 N–H and O–H groups in total. The summed E-state index contributed by atoms with van der Waals surface area (Å²) < 4.78 is 5.11. The summed E-state index contributed by atoms with van der Waals surface area (Å²) in [4.78, 5) is 0. The summed E-state index contributed by atoms with van der Waals surface area (Å²) >= 11 is 0. The molecule has 0 bridgehead atoms. The third kappa shape index (κ3) is 4.00. The van der Waals surface area contributed by atoms with Gasteiger partial charge in [0, 0.05) is 12.6 Å². The van der Waals surface area contributed by atoms with E-state index >= 15 is 0 Å². The molecule has 0 saturated carbocycles. The maximum absolute atomic E-state index is 9.56. The summed E-state index contributed by atoms with van der Waals surface area (Å²) in [5, 5.41) is 13.0. The highest BCUT2D eigenvalue weighted by atomic mass is 16.5. The number of methoxy groups -OCH3 is 1. The highest BCUT2D eigenvalue weighted by molar-refractivity contribution is 5.41. The minimum atomic E-state index is 0.175. The van der Waals surface area contributed by atoms with Crippen molar-refractivity contribution in [2.24, 2.45) is 0 Å². The van der Waals surface area contributed by atoms with E-state index in [1.54, 1.807) is 13.2 Å². The Hall–Kier alpha value is -2.00. The Kier molecular flexibility index (Phi) is 5.02. The van der Waals surface area contributed by atoms with Crippen LogP contribution in [0.3, 0.4) is 0 Å². The second-order valence-corrected chi connectivity index (χ2v) is 4.98. The summed E-state index contributed by atoms with van der Waals surface area (Å²) in [6.07, 6.45) is 0.996. The van der Waals surface area contributed by atoms with E-state index in [0.29, 0.717) is 11.8 Å². The van der Waals surface area contributed by atoms with E-state index in [-0.39, 0.29) is 5.75 Å². The lowest BCUT2D eigenvalue weighted by molar-refractivity contribution is 0.372. The van der Waals surface area contributed by atoms with Crippen LogP contribution in [-0.2, 0) is 13.0 Å². The van der Waals surface area contributed by atoms with Gasteiger partial charge in [-0.2, -0.15) is 0 Å². The smallest absolute Gasteiger partial charge is 0.160 e. The maximum atomic E-state index is 9.56. The standard InChI is InChI=1S/C17H21NO2/c1-13(10-14-6-4-3-5-7-14)18-12-15-8-9-16(19)17(11-15)20-2/h3-9,11,13,18-19H,10,12H2,1-2H3. The van der Waals surface area contributed by atoms with Gasteiger partial charge >= 0.3 is 0 Å². The normalized spacial score (nSPS) is 12.1. The van der Waals surface area contributed by atoms with Gasteiger partial charge in [0.2, 0.25) is 0 Å². The molecule has 0 fully saturated rings. The van der Waals surface area contributed by atoms with Crippen LogP contribution in [0.1, 0.15) is 18.1 Å². The van der Waals surface area contributed by atoms with Crippen molar-refractivity contribution in [1.29, 1.82) is 0 Å². The zero-order valence-corrected chi connectivity index (χ0v) is 12.0. The number of hydrogen-bond acceptors (Lipinski definition) is 3. The summed E-state index contributed by atoms with van der Waals surface area (Å²) in [6.45, 7) is 2.93. The Bertz CT molecular complexity index is 540. The first kappa shape index (κ1) is 14.4. The number of ether oxygens (including phenoxy) is 1. The Morgan fingerprint density at radius 1 is 1.10 bits per heavy atom. The molecule has 0 aliphatic carbocycles. The van der Waals surface area contributed by atoms with Gasteiger partial charge in [-0.05, 0) is 36.6 Å². The molecule has 0 aliphatic heterocycles. The van der Waals surface area contributed by atoms with Crippen molar-refractivity contribution in [3.05, 3.63) is 59.7 Å². The highest BCUT2D eigenvalue weighted by Gasteiger charge is 2.05. The van der Waals surface area contributed by atoms with E-state index in [1.807, 2.05) is 18.2 Å². The van der Waals surface area contributed by atoms with Gasteiger partial charge in [-0.3, -0.25) is 0 Å². The number of hydrogen-bond donors (Lipinski definition) is 2. The van der Waals surface area contributed by atoms with Crippen molar-refractivity contribution in [3.8, 4) is 11.5 Å². The predicted molar refractivity (Wildman–Crippen MR) is 81.1 cm³/mol. The van der Waals surface area contributed by atoms with Gasteiger partial charge in [-0.15, -0.1) is 0 Å². The van der Waals surface area contributed by atoms with Crippen LogP contribution in [0.2, 0.25) is 0 Å². The van der Waals surface area contributed by atoms with Crippen LogP contribution < -0.4 is 10.1 Å². The lowest BCUT2D eigenvalue weighted by Gasteiger charge is -2.14. The van der Waals surface area contributed by atoms with Gasteiger partial charge in [0.15, 0.2) is 11.5 Å². The van der Waals surface area contributed by atoms with Crippen molar-refractivity contribution >= 4 is 0 Å². The first-order chi connectivity index (χ1) is 9.69. The fourth-order valence-corrected chi connectivity index (χ4v) is 2.16. The van der Waals surface area contributed by atoms with E-state index in [2.05, 4.69) is 36.5 Å². The number of phenolic OH excluding ortho intramolecular Hbond substituents is 1. The monoisotopic (exact) mass is 271 g/mol. The molecule has 0 saturated heterocycles. The Labute approximate surface area is 120 Å². The van der Waals surface area contributed by atoms with Crippen LogP contribution in [0.5, 0.6) is 11.5 Å². The molecule has 0 aromatic heterocycles. The van der Waals surface area contributed by atoms with E-state index in [1.165, 1.54) is 5.56 Å². The van der Waals surface area contributed by atoms with Crippen LogP contribution in [-0.4, -0.2) is 18.3 Å².